The summed E-state index contributed by atoms with van der Waals surface area (Å²) in [6, 6.07) is 4.44. The molecule has 1 saturated carbocycles. The van der Waals surface area contributed by atoms with Crippen LogP contribution in [0.5, 0.6) is 0 Å². The summed E-state index contributed by atoms with van der Waals surface area (Å²) in [7, 11) is 0. The highest BCUT2D eigenvalue weighted by molar-refractivity contribution is 8.00. The molecule has 0 aromatic heterocycles. The lowest BCUT2D eigenvalue weighted by atomic mass is 10.1. The Morgan fingerprint density at radius 2 is 1.89 bits per heavy atom. The molecular weight excluding hydrogens is 293 g/mol. The second-order valence-electron chi connectivity index (χ2n) is 4.44. The van der Waals surface area contributed by atoms with E-state index in [-0.39, 0.29) is 21.7 Å². The van der Waals surface area contributed by atoms with Crippen LogP contribution in [-0.4, -0.2) is 5.51 Å². The zero-order valence-corrected chi connectivity index (χ0v) is 11.6. The van der Waals surface area contributed by atoms with Crippen molar-refractivity contribution in [3.05, 3.63) is 28.8 Å². The fourth-order valence-electron chi connectivity index (χ4n) is 2.06. The number of benzene rings is 1. The first-order valence-electron chi connectivity index (χ1n) is 6.01. The van der Waals surface area contributed by atoms with Gasteiger partial charge in [0.15, 0.2) is 0 Å². The molecule has 5 heteroatoms. The highest BCUT2D eigenvalue weighted by Crippen LogP contribution is 2.39. The van der Waals surface area contributed by atoms with Crippen molar-refractivity contribution >= 4 is 23.4 Å². The van der Waals surface area contributed by atoms with Crippen LogP contribution in [0, 0.1) is 17.8 Å². The molecule has 0 heterocycles. The fraction of sp³-hybridized carbons (Fsp3) is 0.429. The molecule has 0 amide bonds. The molecule has 1 aromatic carbocycles. The molecule has 102 valence electrons. The maximum absolute atomic E-state index is 12.5. The number of rotatable bonds is 1. The number of halogens is 4. The van der Waals surface area contributed by atoms with Gasteiger partial charge in [-0.3, -0.25) is 0 Å². The molecule has 0 aliphatic heterocycles. The van der Waals surface area contributed by atoms with E-state index in [4.69, 9.17) is 11.6 Å². The molecule has 19 heavy (non-hydrogen) atoms. The molecule has 0 saturated heterocycles. The number of hydrogen-bond donors (Lipinski definition) is 0. The van der Waals surface area contributed by atoms with Crippen LogP contribution in [-0.2, 0) is 0 Å². The van der Waals surface area contributed by atoms with Crippen LogP contribution in [0.1, 0.15) is 31.2 Å². The first-order valence-corrected chi connectivity index (χ1v) is 7.20. The Morgan fingerprint density at radius 1 is 1.21 bits per heavy atom. The van der Waals surface area contributed by atoms with E-state index in [1.165, 1.54) is 6.07 Å². The van der Waals surface area contributed by atoms with Gasteiger partial charge in [0.25, 0.3) is 0 Å². The predicted octanol–water partition coefficient (Wildman–Crippen LogP) is 5.49. The molecule has 0 unspecified atom stereocenters. The lowest BCUT2D eigenvalue weighted by molar-refractivity contribution is -0.0328. The SMILES string of the molecule is FC(F)(F)Sc1cc(Cl)ccc1C#CC1CCCC1. The number of hydrogen-bond acceptors (Lipinski definition) is 1. The minimum Gasteiger partial charge on any atom is -0.160 e. The van der Waals surface area contributed by atoms with Crippen molar-refractivity contribution in [3.63, 3.8) is 0 Å². The Morgan fingerprint density at radius 3 is 2.53 bits per heavy atom. The van der Waals surface area contributed by atoms with Crippen LogP contribution in [0.3, 0.4) is 0 Å². The molecule has 0 radical (unpaired) electrons. The van der Waals surface area contributed by atoms with Gasteiger partial charge >= 0.3 is 5.51 Å². The highest BCUT2D eigenvalue weighted by Gasteiger charge is 2.30. The van der Waals surface area contributed by atoms with Crippen LogP contribution >= 0.6 is 23.4 Å². The molecule has 0 N–H and O–H groups in total. The van der Waals surface area contributed by atoms with E-state index in [9.17, 15) is 13.2 Å². The summed E-state index contributed by atoms with van der Waals surface area (Å²) in [4.78, 5) is 0.0745. The van der Waals surface area contributed by atoms with Crippen molar-refractivity contribution in [2.75, 3.05) is 0 Å². The van der Waals surface area contributed by atoms with Gasteiger partial charge in [0.2, 0.25) is 0 Å². The van der Waals surface area contributed by atoms with E-state index >= 15 is 0 Å². The maximum atomic E-state index is 12.5. The van der Waals surface area contributed by atoms with Crippen LogP contribution in [0.4, 0.5) is 13.2 Å². The molecule has 0 nitrogen and oxygen atoms in total. The van der Waals surface area contributed by atoms with Crippen LogP contribution < -0.4 is 0 Å². The summed E-state index contributed by atoms with van der Waals surface area (Å²) in [5.41, 5.74) is -3.92. The van der Waals surface area contributed by atoms with Crippen molar-refractivity contribution < 1.29 is 13.2 Å². The summed E-state index contributed by atoms with van der Waals surface area (Å²) in [6.07, 6.45) is 4.40. The first-order chi connectivity index (χ1) is 8.94. The Hall–Kier alpha value is -0.790. The number of alkyl halides is 3. The molecule has 0 spiro atoms. The first kappa shape index (κ1) is 14.6. The topological polar surface area (TPSA) is 0 Å². The lowest BCUT2D eigenvalue weighted by Crippen LogP contribution is -2.00. The monoisotopic (exact) mass is 304 g/mol. The standard InChI is InChI=1S/C14H12ClF3S/c15-12-8-7-11(6-5-10-3-1-2-4-10)13(9-12)19-14(16,17)18/h7-10H,1-4H2. The Labute approximate surface area is 119 Å². The summed E-state index contributed by atoms with van der Waals surface area (Å²) in [6.45, 7) is 0. The third kappa shape index (κ3) is 4.67. The van der Waals surface area contributed by atoms with Gasteiger partial charge in [-0.05, 0) is 42.8 Å². The maximum Gasteiger partial charge on any atom is 0.446 e. The van der Waals surface area contributed by atoms with Gasteiger partial charge in [0.1, 0.15) is 0 Å². The normalized spacial score (nSPS) is 16.2. The lowest BCUT2D eigenvalue weighted by Gasteiger charge is -2.08. The van der Waals surface area contributed by atoms with Crippen LogP contribution in [0.2, 0.25) is 5.02 Å². The Kier molecular flexibility index (Phi) is 4.70. The van der Waals surface area contributed by atoms with E-state index in [1.807, 2.05) is 0 Å². The van der Waals surface area contributed by atoms with Gasteiger partial charge in [0, 0.05) is 21.4 Å². The summed E-state index contributed by atoms with van der Waals surface area (Å²) >= 11 is 5.58. The van der Waals surface area contributed by atoms with E-state index in [0.717, 1.165) is 25.7 Å². The zero-order valence-electron chi connectivity index (χ0n) is 10.1. The minimum atomic E-state index is -4.32. The largest absolute Gasteiger partial charge is 0.446 e. The van der Waals surface area contributed by atoms with Gasteiger partial charge in [-0.2, -0.15) is 13.2 Å². The fourth-order valence-corrected chi connectivity index (χ4v) is 2.96. The highest BCUT2D eigenvalue weighted by atomic mass is 35.5. The molecule has 2 rings (SSSR count). The van der Waals surface area contributed by atoms with Crippen LogP contribution in [0.25, 0.3) is 0 Å². The average molecular weight is 305 g/mol. The van der Waals surface area contributed by atoms with Crippen molar-refractivity contribution in [1.29, 1.82) is 0 Å². The summed E-state index contributed by atoms with van der Waals surface area (Å²) in [5.74, 6) is 6.26. The Bertz CT molecular complexity index is 508. The van der Waals surface area contributed by atoms with Crippen molar-refractivity contribution in [1.82, 2.24) is 0 Å². The average Bonchev–Trinajstić information content (AvgIpc) is 2.78. The van der Waals surface area contributed by atoms with E-state index in [0.29, 0.717) is 11.5 Å². The van der Waals surface area contributed by atoms with Crippen molar-refractivity contribution in [2.45, 2.75) is 36.1 Å². The van der Waals surface area contributed by atoms with Gasteiger partial charge in [-0.15, -0.1) is 0 Å². The molecular formula is C14H12ClF3S. The summed E-state index contributed by atoms with van der Waals surface area (Å²) in [5, 5.41) is 0.290. The Balaban J connectivity index is 2.23. The van der Waals surface area contributed by atoms with Gasteiger partial charge in [-0.1, -0.05) is 36.3 Å². The molecule has 1 aliphatic rings. The van der Waals surface area contributed by atoms with E-state index < -0.39 is 5.51 Å². The second-order valence-corrected chi connectivity index (χ2v) is 5.98. The molecule has 1 aliphatic carbocycles. The number of thioether (sulfide) groups is 1. The smallest absolute Gasteiger partial charge is 0.160 e. The molecule has 1 aromatic rings. The third-order valence-corrected chi connectivity index (χ3v) is 3.96. The van der Waals surface area contributed by atoms with Gasteiger partial charge < -0.3 is 0 Å². The van der Waals surface area contributed by atoms with E-state index in [2.05, 4.69) is 11.8 Å². The predicted molar refractivity (Wildman–Crippen MR) is 72.2 cm³/mol. The summed E-state index contributed by atoms with van der Waals surface area (Å²) < 4.78 is 37.4. The quantitative estimate of drug-likeness (QED) is 0.488. The van der Waals surface area contributed by atoms with Crippen molar-refractivity contribution in [3.8, 4) is 11.8 Å². The van der Waals surface area contributed by atoms with Crippen LogP contribution in [0.15, 0.2) is 23.1 Å². The molecule has 0 atom stereocenters. The van der Waals surface area contributed by atoms with Gasteiger partial charge in [-0.25, -0.2) is 0 Å². The van der Waals surface area contributed by atoms with E-state index in [1.54, 1.807) is 12.1 Å². The molecule has 1 fully saturated rings. The minimum absolute atomic E-state index is 0.0745. The van der Waals surface area contributed by atoms with Gasteiger partial charge in [0.05, 0.1) is 0 Å². The third-order valence-electron chi connectivity index (χ3n) is 2.94. The second kappa shape index (κ2) is 6.11. The molecule has 0 bridgehead atoms. The van der Waals surface area contributed by atoms with Crippen molar-refractivity contribution in [2.24, 2.45) is 5.92 Å². The zero-order chi connectivity index (χ0) is 13.9.